The smallest absolute Gasteiger partial charge is 0.192 e. The van der Waals surface area contributed by atoms with Gasteiger partial charge in [-0.15, -0.1) is 11.5 Å². The van der Waals surface area contributed by atoms with Gasteiger partial charge in [0.15, 0.2) is 8.32 Å². The van der Waals surface area contributed by atoms with Crippen molar-refractivity contribution in [3.8, 4) is 11.5 Å². The summed E-state index contributed by atoms with van der Waals surface area (Å²) in [5, 5.41) is 0.290. The molecule has 0 N–H and O–H groups in total. The van der Waals surface area contributed by atoms with Crippen molar-refractivity contribution in [3.05, 3.63) is 12.2 Å². The molecular weight excluding hydrogens is 252 g/mol. The summed E-state index contributed by atoms with van der Waals surface area (Å²) in [7, 11) is -2.78. The predicted octanol–water partition coefficient (Wildman–Crippen LogP) is 4.84. The van der Waals surface area contributed by atoms with Crippen LogP contribution in [0, 0.1) is 11.5 Å². The minimum Gasteiger partial charge on any atom is -0.413 e. The first-order valence-electron chi connectivity index (χ1n) is 6.75. The SMILES string of the molecule is CC(C)(C)[Si](C)(C)OC/C=C/CC#C[Si](C)(C)C. The first-order chi connectivity index (χ1) is 7.96. The zero-order chi connectivity index (χ0) is 14.4. The van der Waals surface area contributed by atoms with Gasteiger partial charge in [-0.1, -0.05) is 52.6 Å². The maximum absolute atomic E-state index is 6.05. The minimum atomic E-state index is -1.58. The lowest BCUT2D eigenvalue weighted by Crippen LogP contribution is -2.40. The summed E-state index contributed by atoms with van der Waals surface area (Å²) in [5.74, 6) is 3.23. The molecule has 104 valence electrons. The summed E-state index contributed by atoms with van der Waals surface area (Å²) in [4.78, 5) is 0. The van der Waals surface area contributed by atoms with Crippen LogP contribution in [-0.4, -0.2) is 23.0 Å². The molecule has 0 radical (unpaired) electrons. The van der Waals surface area contributed by atoms with Crippen LogP contribution in [0.2, 0.25) is 37.8 Å². The van der Waals surface area contributed by atoms with E-state index in [1.807, 2.05) is 0 Å². The fourth-order valence-corrected chi connectivity index (χ4v) is 2.58. The molecule has 0 aliphatic rings. The van der Waals surface area contributed by atoms with Crippen LogP contribution in [0.1, 0.15) is 27.2 Å². The van der Waals surface area contributed by atoms with E-state index in [-0.39, 0.29) is 0 Å². The molecule has 0 amide bonds. The van der Waals surface area contributed by atoms with Crippen LogP contribution >= 0.6 is 0 Å². The highest BCUT2D eigenvalue weighted by Crippen LogP contribution is 2.36. The van der Waals surface area contributed by atoms with Gasteiger partial charge in [-0.2, -0.15) is 0 Å². The van der Waals surface area contributed by atoms with Gasteiger partial charge in [-0.3, -0.25) is 0 Å². The summed E-state index contributed by atoms with van der Waals surface area (Å²) >= 11 is 0. The lowest BCUT2D eigenvalue weighted by atomic mass is 10.2. The van der Waals surface area contributed by atoms with Gasteiger partial charge in [-0.25, -0.2) is 0 Å². The third kappa shape index (κ3) is 7.91. The average Bonchev–Trinajstić information content (AvgIpc) is 2.12. The molecule has 0 rings (SSSR count). The Morgan fingerprint density at radius 3 is 2.00 bits per heavy atom. The van der Waals surface area contributed by atoms with Crippen LogP contribution in [0.5, 0.6) is 0 Å². The molecule has 0 bridgehead atoms. The fraction of sp³-hybridized carbons (Fsp3) is 0.733. The second-order valence-electron chi connectivity index (χ2n) is 7.30. The van der Waals surface area contributed by atoms with E-state index in [9.17, 15) is 0 Å². The third-order valence-corrected chi connectivity index (χ3v) is 8.62. The molecule has 0 aliphatic carbocycles. The third-order valence-electron chi connectivity index (χ3n) is 3.20. The standard InChI is InChI=1S/C15H30OSi2/c1-15(2,3)18(7,8)16-13-11-9-10-12-14-17(4,5)6/h9,11H,10,13H2,1-8H3/b11-9+. The fourth-order valence-electron chi connectivity index (χ4n) is 0.999. The maximum atomic E-state index is 6.05. The Kier molecular flexibility index (Phi) is 6.63. The molecule has 0 atom stereocenters. The zero-order valence-electron chi connectivity index (χ0n) is 13.5. The molecule has 1 nitrogen and oxygen atoms in total. The topological polar surface area (TPSA) is 9.23 Å². The Labute approximate surface area is 116 Å². The number of hydrogen-bond donors (Lipinski definition) is 0. The highest BCUT2D eigenvalue weighted by Gasteiger charge is 2.36. The molecule has 0 aromatic rings. The lowest BCUT2D eigenvalue weighted by Gasteiger charge is -2.35. The molecule has 0 aromatic carbocycles. The average molecular weight is 283 g/mol. The van der Waals surface area contributed by atoms with Gasteiger partial charge in [0.1, 0.15) is 8.07 Å². The summed E-state index contributed by atoms with van der Waals surface area (Å²) in [6.07, 6.45) is 5.09. The van der Waals surface area contributed by atoms with Gasteiger partial charge >= 0.3 is 0 Å². The maximum Gasteiger partial charge on any atom is 0.192 e. The van der Waals surface area contributed by atoms with Crippen LogP contribution in [0.4, 0.5) is 0 Å². The van der Waals surface area contributed by atoms with Gasteiger partial charge in [0, 0.05) is 6.42 Å². The minimum absolute atomic E-state index is 0.290. The van der Waals surface area contributed by atoms with Crippen LogP contribution in [0.3, 0.4) is 0 Å². The molecule has 0 spiro atoms. The summed E-state index contributed by atoms with van der Waals surface area (Å²) in [6.45, 7) is 18.9. The lowest BCUT2D eigenvalue weighted by molar-refractivity contribution is 0.328. The second kappa shape index (κ2) is 6.74. The molecule has 0 saturated carbocycles. The van der Waals surface area contributed by atoms with Crippen molar-refractivity contribution < 1.29 is 4.43 Å². The number of rotatable bonds is 4. The first-order valence-corrected chi connectivity index (χ1v) is 13.2. The van der Waals surface area contributed by atoms with Gasteiger partial charge in [0.05, 0.1) is 6.61 Å². The predicted molar refractivity (Wildman–Crippen MR) is 88.0 cm³/mol. The van der Waals surface area contributed by atoms with Crippen LogP contribution < -0.4 is 0 Å². The molecule has 0 unspecified atom stereocenters. The second-order valence-corrected chi connectivity index (χ2v) is 16.9. The Hall–Kier alpha value is -0.306. The van der Waals surface area contributed by atoms with Crippen molar-refractivity contribution in [1.82, 2.24) is 0 Å². The Morgan fingerprint density at radius 2 is 1.56 bits per heavy atom. The van der Waals surface area contributed by atoms with Crippen molar-refractivity contribution in [2.75, 3.05) is 6.61 Å². The van der Waals surface area contributed by atoms with Crippen molar-refractivity contribution >= 4 is 16.4 Å². The normalized spacial score (nSPS) is 13.6. The van der Waals surface area contributed by atoms with Crippen LogP contribution in [0.15, 0.2) is 12.2 Å². The van der Waals surface area contributed by atoms with Crippen molar-refractivity contribution in [2.24, 2.45) is 0 Å². The molecule has 0 aliphatic heterocycles. The number of hydrogen-bond acceptors (Lipinski definition) is 1. The van der Waals surface area contributed by atoms with Gasteiger partial charge in [-0.05, 0) is 18.1 Å². The molecule has 18 heavy (non-hydrogen) atoms. The van der Waals surface area contributed by atoms with E-state index in [4.69, 9.17) is 4.43 Å². The van der Waals surface area contributed by atoms with Gasteiger partial charge in [0.2, 0.25) is 0 Å². The van der Waals surface area contributed by atoms with Crippen molar-refractivity contribution in [1.29, 1.82) is 0 Å². The summed E-state index contributed by atoms with van der Waals surface area (Å²) in [6, 6.07) is 0. The van der Waals surface area contributed by atoms with Crippen LogP contribution in [0.25, 0.3) is 0 Å². The van der Waals surface area contributed by atoms with E-state index in [1.54, 1.807) is 0 Å². The zero-order valence-corrected chi connectivity index (χ0v) is 15.5. The Balaban J connectivity index is 4.03. The van der Waals surface area contributed by atoms with Crippen molar-refractivity contribution in [2.45, 2.75) is 65.0 Å². The van der Waals surface area contributed by atoms with Gasteiger partial charge in [0.25, 0.3) is 0 Å². The van der Waals surface area contributed by atoms with E-state index in [0.717, 1.165) is 13.0 Å². The first kappa shape index (κ1) is 17.7. The van der Waals surface area contributed by atoms with Gasteiger partial charge < -0.3 is 4.43 Å². The van der Waals surface area contributed by atoms with E-state index < -0.39 is 16.4 Å². The van der Waals surface area contributed by atoms with Crippen LogP contribution in [-0.2, 0) is 4.43 Å². The van der Waals surface area contributed by atoms with E-state index >= 15 is 0 Å². The molecule has 3 heteroatoms. The highest BCUT2D eigenvalue weighted by atomic mass is 28.4. The van der Waals surface area contributed by atoms with E-state index in [2.05, 4.69) is 77.1 Å². The summed E-state index contributed by atoms with van der Waals surface area (Å²) < 4.78 is 6.05. The Bertz CT molecular complexity index is 332. The van der Waals surface area contributed by atoms with E-state index in [0.29, 0.717) is 5.04 Å². The van der Waals surface area contributed by atoms with Crippen molar-refractivity contribution in [3.63, 3.8) is 0 Å². The molecule has 0 heterocycles. The monoisotopic (exact) mass is 282 g/mol. The molecule has 0 aromatic heterocycles. The molecular formula is C15H30OSi2. The molecule has 0 fully saturated rings. The number of allylic oxidation sites excluding steroid dienone is 1. The quantitative estimate of drug-likeness (QED) is 0.407. The largest absolute Gasteiger partial charge is 0.413 e. The van der Waals surface area contributed by atoms with E-state index in [1.165, 1.54) is 0 Å². The molecule has 0 saturated heterocycles. The highest BCUT2D eigenvalue weighted by molar-refractivity contribution is 6.83. The summed E-state index contributed by atoms with van der Waals surface area (Å²) in [5.41, 5.74) is 3.36. The Morgan fingerprint density at radius 1 is 1.00 bits per heavy atom.